The maximum absolute atomic E-state index is 12.3. The summed E-state index contributed by atoms with van der Waals surface area (Å²) in [6, 6.07) is 9.43. The smallest absolute Gasteiger partial charge is 0.446 e. The Kier molecular flexibility index (Phi) is 6.80. The third-order valence-electron chi connectivity index (χ3n) is 2.98. The van der Waals surface area contributed by atoms with E-state index >= 15 is 0 Å². The van der Waals surface area contributed by atoms with Gasteiger partial charge in [-0.2, -0.15) is 13.2 Å². The van der Waals surface area contributed by atoms with Crippen LogP contribution in [-0.4, -0.2) is 24.0 Å². The Bertz CT molecular complexity index is 814. The van der Waals surface area contributed by atoms with E-state index in [1.165, 1.54) is 36.4 Å². The maximum Gasteiger partial charge on any atom is 0.446 e. The van der Waals surface area contributed by atoms with Gasteiger partial charge in [0.15, 0.2) is 6.73 Å². The van der Waals surface area contributed by atoms with Crippen molar-refractivity contribution in [3.05, 3.63) is 63.6 Å². The first-order chi connectivity index (χ1) is 12.2. The highest BCUT2D eigenvalue weighted by atomic mass is 35.5. The summed E-state index contributed by atoms with van der Waals surface area (Å²) in [5.41, 5.74) is -3.92. The third-order valence-corrected chi connectivity index (χ3v) is 4.26. The Morgan fingerprint density at radius 3 is 2.38 bits per heavy atom. The molecule has 10 heteroatoms. The first-order valence-electron chi connectivity index (χ1n) is 6.96. The van der Waals surface area contributed by atoms with E-state index < -0.39 is 11.4 Å². The minimum absolute atomic E-state index is 0.0236. The number of hydrogen-bond acceptors (Lipinski definition) is 4. The van der Waals surface area contributed by atoms with Crippen molar-refractivity contribution in [1.29, 1.82) is 5.41 Å². The molecule has 0 spiro atoms. The van der Waals surface area contributed by atoms with Crippen LogP contribution in [0.5, 0.6) is 0 Å². The predicted molar refractivity (Wildman–Crippen MR) is 95.1 cm³/mol. The van der Waals surface area contributed by atoms with Gasteiger partial charge < -0.3 is 10.1 Å². The van der Waals surface area contributed by atoms with Gasteiger partial charge in [-0.1, -0.05) is 23.2 Å². The number of alkyl halides is 3. The molecule has 1 amide bonds. The molecule has 0 fully saturated rings. The van der Waals surface area contributed by atoms with Gasteiger partial charge in [-0.05, 0) is 54.2 Å². The van der Waals surface area contributed by atoms with Crippen molar-refractivity contribution in [2.45, 2.75) is 10.4 Å². The van der Waals surface area contributed by atoms with E-state index in [2.05, 4.69) is 5.32 Å². The standard InChI is InChI=1S/C16H11Cl2F3N2O2S/c17-10-3-6-12(13(18)7-10)14(22)25-8-23-15(24)9-1-4-11(5-2-9)26-16(19,20)21/h1-7,22H,8H2,(H,23,24). The van der Waals surface area contributed by atoms with Crippen molar-refractivity contribution in [3.8, 4) is 0 Å². The van der Waals surface area contributed by atoms with Crippen molar-refractivity contribution in [2.75, 3.05) is 6.73 Å². The van der Waals surface area contributed by atoms with Crippen LogP contribution in [-0.2, 0) is 4.74 Å². The monoisotopic (exact) mass is 422 g/mol. The molecule has 26 heavy (non-hydrogen) atoms. The number of halogens is 5. The average molecular weight is 423 g/mol. The number of amides is 1. The normalized spacial score (nSPS) is 11.1. The van der Waals surface area contributed by atoms with Crippen LogP contribution < -0.4 is 5.32 Å². The lowest BCUT2D eigenvalue weighted by Gasteiger charge is -2.11. The second-order valence-corrected chi connectivity index (χ2v) is 6.80. The Hall–Kier alpha value is -1.90. The first-order valence-corrected chi connectivity index (χ1v) is 8.54. The van der Waals surface area contributed by atoms with Gasteiger partial charge in [0.25, 0.3) is 5.91 Å². The van der Waals surface area contributed by atoms with Crippen LogP contribution in [0.4, 0.5) is 13.2 Å². The van der Waals surface area contributed by atoms with Crippen LogP contribution in [0.1, 0.15) is 15.9 Å². The SMILES string of the molecule is N=C(OCNC(=O)c1ccc(SC(F)(F)F)cc1)c1ccc(Cl)cc1Cl. The summed E-state index contributed by atoms with van der Waals surface area (Å²) < 4.78 is 41.9. The molecule has 2 aromatic rings. The second-order valence-electron chi connectivity index (χ2n) is 4.82. The molecule has 2 rings (SSSR count). The number of ether oxygens (including phenoxy) is 1. The summed E-state index contributed by atoms with van der Waals surface area (Å²) in [7, 11) is 0. The molecular weight excluding hydrogens is 412 g/mol. The van der Waals surface area contributed by atoms with Gasteiger partial charge in [-0.15, -0.1) is 0 Å². The van der Waals surface area contributed by atoms with Gasteiger partial charge in [0, 0.05) is 15.5 Å². The molecule has 138 valence electrons. The van der Waals surface area contributed by atoms with Gasteiger partial charge in [0.2, 0.25) is 5.90 Å². The molecule has 0 saturated heterocycles. The van der Waals surface area contributed by atoms with E-state index in [0.29, 0.717) is 10.6 Å². The zero-order valence-corrected chi connectivity index (χ0v) is 15.2. The Labute approximate surface area is 161 Å². The molecule has 0 aromatic heterocycles. The van der Waals surface area contributed by atoms with Crippen LogP contribution in [0.25, 0.3) is 0 Å². The number of benzene rings is 2. The molecule has 0 aliphatic rings. The highest BCUT2D eigenvalue weighted by Crippen LogP contribution is 2.36. The number of carbonyl (C=O) groups is 1. The number of nitrogens with one attached hydrogen (secondary N) is 2. The van der Waals surface area contributed by atoms with E-state index in [1.54, 1.807) is 6.07 Å². The topological polar surface area (TPSA) is 62.2 Å². The van der Waals surface area contributed by atoms with Crippen molar-refractivity contribution in [3.63, 3.8) is 0 Å². The first kappa shape index (κ1) is 20.4. The summed E-state index contributed by atoms with van der Waals surface area (Å²) >= 11 is 11.4. The summed E-state index contributed by atoms with van der Waals surface area (Å²) in [5.74, 6) is -0.813. The molecule has 0 aliphatic carbocycles. The summed E-state index contributed by atoms with van der Waals surface area (Å²) in [6.45, 7) is -0.310. The number of thioether (sulfide) groups is 1. The number of hydrogen-bond donors (Lipinski definition) is 2. The summed E-state index contributed by atoms with van der Waals surface area (Å²) in [4.78, 5) is 11.9. The van der Waals surface area contributed by atoms with Gasteiger partial charge in [0.1, 0.15) is 0 Å². The van der Waals surface area contributed by atoms with Gasteiger partial charge in [-0.3, -0.25) is 10.2 Å². The fourth-order valence-corrected chi connectivity index (χ4v) is 2.87. The third kappa shape index (κ3) is 6.12. The molecule has 2 N–H and O–H groups in total. The minimum Gasteiger partial charge on any atom is -0.456 e. The Morgan fingerprint density at radius 2 is 1.81 bits per heavy atom. The zero-order valence-electron chi connectivity index (χ0n) is 12.9. The molecule has 2 aromatic carbocycles. The lowest BCUT2D eigenvalue weighted by molar-refractivity contribution is -0.0328. The molecule has 0 unspecified atom stereocenters. The highest BCUT2D eigenvalue weighted by Gasteiger charge is 2.29. The van der Waals surface area contributed by atoms with E-state index in [0.717, 1.165) is 0 Å². The van der Waals surface area contributed by atoms with Crippen molar-refractivity contribution in [1.82, 2.24) is 5.32 Å². The van der Waals surface area contributed by atoms with Crippen molar-refractivity contribution in [2.24, 2.45) is 0 Å². The fraction of sp³-hybridized carbons (Fsp3) is 0.125. The molecule has 0 heterocycles. The van der Waals surface area contributed by atoms with Crippen LogP contribution in [0.15, 0.2) is 47.4 Å². The minimum atomic E-state index is -4.39. The average Bonchev–Trinajstić information content (AvgIpc) is 2.53. The molecular formula is C16H11Cl2F3N2O2S. The van der Waals surface area contributed by atoms with Gasteiger partial charge in [-0.25, -0.2) is 0 Å². The van der Waals surface area contributed by atoms with Crippen molar-refractivity contribution >= 4 is 46.8 Å². The Balaban J connectivity index is 1.87. The van der Waals surface area contributed by atoms with Gasteiger partial charge in [0.05, 0.1) is 10.6 Å². The second kappa shape index (κ2) is 8.66. The summed E-state index contributed by atoms with van der Waals surface area (Å²) in [5, 5.41) is 10.8. The fourth-order valence-electron chi connectivity index (χ4n) is 1.84. The molecule has 0 aliphatic heterocycles. The molecule has 0 atom stereocenters. The van der Waals surface area contributed by atoms with E-state index in [4.69, 9.17) is 33.3 Å². The molecule has 4 nitrogen and oxygen atoms in total. The van der Waals surface area contributed by atoms with Crippen LogP contribution in [0.2, 0.25) is 10.0 Å². The van der Waals surface area contributed by atoms with E-state index in [-0.39, 0.29) is 39.9 Å². The Morgan fingerprint density at radius 1 is 1.15 bits per heavy atom. The van der Waals surface area contributed by atoms with Gasteiger partial charge >= 0.3 is 5.51 Å². The van der Waals surface area contributed by atoms with Crippen LogP contribution >= 0.6 is 35.0 Å². The van der Waals surface area contributed by atoms with Crippen LogP contribution in [0.3, 0.4) is 0 Å². The summed E-state index contributed by atoms with van der Waals surface area (Å²) in [6.07, 6.45) is 0. The zero-order chi connectivity index (χ0) is 19.3. The lowest BCUT2D eigenvalue weighted by atomic mass is 10.2. The molecule has 0 saturated carbocycles. The van der Waals surface area contributed by atoms with Crippen LogP contribution in [0, 0.1) is 5.41 Å². The predicted octanol–water partition coefficient (Wildman–Crippen LogP) is 5.33. The quantitative estimate of drug-likeness (QED) is 0.296. The van der Waals surface area contributed by atoms with E-state index in [1.807, 2.05) is 0 Å². The highest BCUT2D eigenvalue weighted by molar-refractivity contribution is 8.00. The molecule has 0 radical (unpaired) electrons. The number of carbonyl (C=O) groups excluding carboxylic acids is 1. The molecule has 0 bridgehead atoms. The lowest BCUT2D eigenvalue weighted by Crippen LogP contribution is -2.27. The maximum atomic E-state index is 12.3. The van der Waals surface area contributed by atoms with E-state index in [9.17, 15) is 18.0 Å². The largest absolute Gasteiger partial charge is 0.456 e. The van der Waals surface area contributed by atoms with Crippen molar-refractivity contribution < 1.29 is 22.7 Å². The number of rotatable bonds is 5.